The summed E-state index contributed by atoms with van der Waals surface area (Å²) in [7, 11) is 0. The number of rotatable bonds is 3. The molecule has 0 bridgehead atoms. The molecule has 15 heavy (non-hydrogen) atoms. The van der Waals surface area contributed by atoms with Crippen LogP contribution in [0.15, 0.2) is 23.1 Å². The van der Waals surface area contributed by atoms with Gasteiger partial charge in [0.2, 0.25) is 0 Å². The summed E-state index contributed by atoms with van der Waals surface area (Å²) < 4.78 is 5.12. The Balaban J connectivity index is 3.00. The molecule has 0 atom stereocenters. The smallest absolute Gasteiger partial charge is 0.339 e. The van der Waals surface area contributed by atoms with Crippen LogP contribution in [0.2, 0.25) is 5.02 Å². The number of hydrogen-bond acceptors (Lipinski definition) is 3. The van der Waals surface area contributed by atoms with Crippen molar-refractivity contribution in [3.63, 3.8) is 0 Å². The fraction of sp³-hybridized carbons (Fsp3) is 0.364. The molecule has 0 aromatic heterocycles. The van der Waals surface area contributed by atoms with Crippen LogP contribution in [-0.4, -0.2) is 18.3 Å². The number of carbonyl (C=O) groups is 1. The minimum Gasteiger partial charge on any atom is -0.459 e. The largest absolute Gasteiger partial charge is 0.459 e. The Bertz CT molecular complexity index is 364. The Morgan fingerprint density at radius 1 is 1.47 bits per heavy atom. The van der Waals surface area contributed by atoms with Gasteiger partial charge in [-0.25, -0.2) is 4.79 Å². The van der Waals surface area contributed by atoms with Gasteiger partial charge in [0.15, 0.2) is 0 Å². The van der Waals surface area contributed by atoms with E-state index in [4.69, 9.17) is 16.3 Å². The first-order valence-electron chi connectivity index (χ1n) is 4.59. The molecule has 0 fully saturated rings. The molecule has 1 rings (SSSR count). The Hall–Kier alpha value is -0.670. The van der Waals surface area contributed by atoms with Gasteiger partial charge in [-0.2, -0.15) is 0 Å². The summed E-state index contributed by atoms with van der Waals surface area (Å²) in [4.78, 5) is 12.6. The summed E-state index contributed by atoms with van der Waals surface area (Å²) in [6, 6.07) is 5.22. The van der Waals surface area contributed by atoms with Crippen molar-refractivity contribution < 1.29 is 9.53 Å². The van der Waals surface area contributed by atoms with E-state index in [-0.39, 0.29) is 12.1 Å². The number of ether oxygens (including phenoxy) is 1. The third kappa shape index (κ3) is 3.43. The normalized spacial score (nSPS) is 10.5. The molecule has 0 amide bonds. The van der Waals surface area contributed by atoms with E-state index in [2.05, 4.69) is 0 Å². The number of carbonyl (C=O) groups excluding carboxylic acids is 1. The molecule has 0 heterocycles. The van der Waals surface area contributed by atoms with Gasteiger partial charge in [-0.1, -0.05) is 11.6 Å². The highest BCUT2D eigenvalue weighted by atomic mass is 35.5. The molecule has 0 saturated carbocycles. The number of esters is 1. The van der Waals surface area contributed by atoms with E-state index in [1.165, 1.54) is 11.8 Å². The predicted octanol–water partition coefficient (Wildman–Crippen LogP) is 3.63. The molecule has 0 aliphatic carbocycles. The lowest BCUT2D eigenvalue weighted by Gasteiger charge is -2.10. The Morgan fingerprint density at radius 2 is 2.13 bits per heavy atom. The topological polar surface area (TPSA) is 26.3 Å². The highest BCUT2D eigenvalue weighted by Gasteiger charge is 2.14. The molecule has 0 saturated heterocycles. The zero-order valence-corrected chi connectivity index (χ0v) is 10.5. The van der Waals surface area contributed by atoms with Gasteiger partial charge in [0.05, 0.1) is 11.7 Å². The first-order valence-corrected chi connectivity index (χ1v) is 6.19. The molecule has 2 nitrogen and oxygen atoms in total. The molecular formula is C11H13ClO2S. The number of thioether (sulfide) groups is 1. The number of halogens is 1. The van der Waals surface area contributed by atoms with Crippen LogP contribution < -0.4 is 0 Å². The third-order valence-electron chi connectivity index (χ3n) is 1.72. The first kappa shape index (κ1) is 12.4. The number of hydrogen-bond donors (Lipinski definition) is 0. The molecule has 0 aliphatic heterocycles. The predicted molar refractivity (Wildman–Crippen MR) is 63.8 cm³/mol. The molecule has 0 spiro atoms. The Morgan fingerprint density at radius 3 is 2.67 bits per heavy atom. The molecule has 1 aromatic rings. The Labute approximate surface area is 99.0 Å². The third-order valence-corrected chi connectivity index (χ3v) is 2.76. The van der Waals surface area contributed by atoms with Crippen LogP contribution in [0, 0.1) is 0 Å². The summed E-state index contributed by atoms with van der Waals surface area (Å²) in [6.45, 7) is 3.64. The summed E-state index contributed by atoms with van der Waals surface area (Å²) >= 11 is 7.34. The van der Waals surface area contributed by atoms with Crippen LogP contribution in [0.25, 0.3) is 0 Å². The highest BCUT2D eigenvalue weighted by Crippen LogP contribution is 2.24. The van der Waals surface area contributed by atoms with Crippen LogP contribution >= 0.6 is 23.4 Å². The van der Waals surface area contributed by atoms with E-state index in [1.807, 2.05) is 26.2 Å². The maximum absolute atomic E-state index is 11.7. The second kappa shape index (κ2) is 5.42. The van der Waals surface area contributed by atoms with Crippen LogP contribution in [0.4, 0.5) is 0 Å². The van der Waals surface area contributed by atoms with Gasteiger partial charge in [-0.3, -0.25) is 0 Å². The standard InChI is InChI=1S/C11H13ClO2S/c1-7(2)14-11(13)9-6-8(12)4-5-10(9)15-3/h4-7H,1-3H3. The van der Waals surface area contributed by atoms with Crippen LogP contribution in [0.1, 0.15) is 24.2 Å². The summed E-state index contributed by atoms with van der Waals surface area (Å²) in [5, 5.41) is 0.545. The maximum Gasteiger partial charge on any atom is 0.339 e. The Kier molecular flexibility index (Phi) is 4.48. The van der Waals surface area contributed by atoms with Gasteiger partial charge in [0.1, 0.15) is 0 Å². The van der Waals surface area contributed by atoms with Crippen molar-refractivity contribution in [2.45, 2.75) is 24.8 Å². The lowest BCUT2D eigenvalue weighted by atomic mass is 10.2. The monoisotopic (exact) mass is 244 g/mol. The fourth-order valence-electron chi connectivity index (χ4n) is 1.12. The maximum atomic E-state index is 11.7. The van der Waals surface area contributed by atoms with Crippen molar-refractivity contribution in [2.24, 2.45) is 0 Å². The average Bonchev–Trinajstić information content (AvgIpc) is 2.16. The lowest BCUT2D eigenvalue weighted by molar-refractivity contribution is 0.0374. The molecule has 0 aliphatic rings. The van der Waals surface area contributed by atoms with Crippen molar-refractivity contribution >= 4 is 29.3 Å². The average molecular weight is 245 g/mol. The summed E-state index contributed by atoms with van der Waals surface area (Å²) in [5.74, 6) is -0.322. The van der Waals surface area contributed by atoms with E-state index in [1.54, 1.807) is 12.1 Å². The van der Waals surface area contributed by atoms with Gasteiger partial charge in [0.25, 0.3) is 0 Å². The van der Waals surface area contributed by atoms with E-state index in [0.717, 1.165) is 4.90 Å². The van der Waals surface area contributed by atoms with E-state index < -0.39 is 0 Å². The van der Waals surface area contributed by atoms with Crippen molar-refractivity contribution in [1.29, 1.82) is 0 Å². The van der Waals surface area contributed by atoms with Gasteiger partial charge >= 0.3 is 5.97 Å². The van der Waals surface area contributed by atoms with Crippen LogP contribution in [0.5, 0.6) is 0 Å². The number of benzene rings is 1. The molecule has 4 heteroatoms. The molecule has 82 valence electrons. The minimum absolute atomic E-state index is 0.119. The summed E-state index contributed by atoms with van der Waals surface area (Å²) in [5.41, 5.74) is 0.531. The van der Waals surface area contributed by atoms with Crippen LogP contribution in [0.3, 0.4) is 0 Å². The van der Waals surface area contributed by atoms with E-state index >= 15 is 0 Å². The molecular weight excluding hydrogens is 232 g/mol. The zero-order valence-electron chi connectivity index (χ0n) is 8.91. The van der Waals surface area contributed by atoms with Gasteiger partial charge < -0.3 is 4.74 Å². The van der Waals surface area contributed by atoms with E-state index in [0.29, 0.717) is 10.6 Å². The van der Waals surface area contributed by atoms with Gasteiger partial charge in [-0.15, -0.1) is 11.8 Å². The molecule has 0 radical (unpaired) electrons. The molecule has 1 aromatic carbocycles. The van der Waals surface area contributed by atoms with Gasteiger partial charge in [0, 0.05) is 9.92 Å². The molecule has 0 N–H and O–H groups in total. The van der Waals surface area contributed by atoms with E-state index in [9.17, 15) is 4.79 Å². The SMILES string of the molecule is CSc1ccc(Cl)cc1C(=O)OC(C)C. The van der Waals surface area contributed by atoms with Crippen molar-refractivity contribution in [2.75, 3.05) is 6.26 Å². The fourth-order valence-corrected chi connectivity index (χ4v) is 1.86. The second-order valence-corrected chi connectivity index (χ2v) is 4.58. The highest BCUT2D eigenvalue weighted by molar-refractivity contribution is 7.98. The van der Waals surface area contributed by atoms with Crippen molar-refractivity contribution in [1.82, 2.24) is 0 Å². The molecule has 0 unspecified atom stereocenters. The lowest BCUT2D eigenvalue weighted by Crippen LogP contribution is -2.12. The first-order chi connectivity index (χ1) is 7.04. The second-order valence-electron chi connectivity index (χ2n) is 3.30. The van der Waals surface area contributed by atoms with Crippen LogP contribution in [-0.2, 0) is 4.74 Å². The quantitative estimate of drug-likeness (QED) is 0.600. The van der Waals surface area contributed by atoms with Crippen molar-refractivity contribution in [3.8, 4) is 0 Å². The minimum atomic E-state index is -0.322. The summed E-state index contributed by atoms with van der Waals surface area (Å²) in [6.07, 6.45) is 1.79. The zero-order chi connectivity index (χ0) is 11.4. The van der Waals surface area contributed by atoms with Crippen molar-refractivity contribution in [3.05, 3.63) is 28.8 Å². The van der Waals surface area contributed by atoms with Gasteiger partial charge in [-0.05, 0) is 38.3 Å².